The Labute approximate surface area is 319 Å². The first kappa shape index (κ1) is 45.3. The van der Waals surface area contributed by atoms with Gasteiger partial charge < -0.3 is 39.9 Å². The lowest BCUT2D eigenvalue weighted by Gasteiger charge is -2.10. The second-order valence-corrected chi connectivity index (χ2v) is 13.8. The van der Waals surface area contributed by atoms with Crippen molar-refractivity contribution < 1.29 is 66.5 Å². The van der Waals surface area contributed by atoms with Crippen molar-refractivity contribution in [1.82, 2.24) is 29.8 Å². The van der Waals surface area contributed by atoms with Crippen LogP contribution in [-0.4, -0.2) is 98.1 Å². The molecule has 0 aliphatic heterocycles. The molecule has 0 spiro atoms. The molecule has 4 rings (SSSR count). The van der Waals surface area contributed by atoms with Gasteiger partial charge in [0.15, 0.2) is 10.2 Å². The molecule has 55 heavy (non-hydrogen) atoms. The molecule has 0 aliphatic carbocycles. The Hall–Kier alpha value is -5.82. The topological polar surface area (TPSA) is 360 Å². The molecule has 0 fully saturated rings. The van der Waals surface area contributed by atoms with E-state index in [0.29, 0.717) is 10.4 Å². The van der Waals surface area contributed by atoms with Gasteiger partial charge in [-0.1, -0.05) is 41.4 Å². The summed E-state index contributed by atoms with van der Waals surface area (Å²) in [6.45, 7) is -0.439. The number of nitro groups is 1. The molecule has 4 aromatic rings. The summed E-state index contributed by atoms with van der Waals surface area (Å²) in [6.07, 6.45) is -0.598. The zero-order valence-electron chi connectivity index (χ0n) is 28.2. The summed E-state index contributed by atoms with van der Waals surface area (Å²) in [5, 5.41) is 34.1. The highest BCUT2D eigenvalue weighted by molar-refractivity contribution is 7.90. The fraction of sp³-hybridized carbons (Fsp3) is 0.185. The predicted octanol–water partition coefficient (Wildman–Crippen LogP) is 2.51. The van der Waals surface area contributed by atoms with E-state index in [0.717, 1.165) is 7.05 Å². The molecule has 0 atom stereocenters. The number of para-hydroxylation sites is 1. The van der Waals surface area contributed by atoms with Crippen molar-refractivity contribution in [3.63, 3.8) is 0 Å². The van der Waals surface area contributed by atoms with Gasteiger partial charge in [-0.15, -0.1) is 0 Å². The highest BCUT2D eigenvalue weighted by Crippen LogP contribution is 2.39. The van der Waals surface area contributed by atoms with E-state index in [1.165, 1.54) is 32.4 Å². The molecule has 24 nitrogen and oxygen atoms in total. The molecule has 0 radical (unpaired) electrons. The van der Waals surface area contributed by atoms with Crippen LogP contribution in [0.2, 0.25) is 10.2 Å². The normalized spacial score (nSPS) is 10.7. The molecule has 0 saturated carbocycles. The number of aromatic nitrogens is 4. The molecular formula is C27H30Cl2N9O15PS. The summed E-state index contributed by atoms with van der Waals surface area (Å²) in [4.78, 5) is 67.1. The number of amides is 2. The van der Waals surface area contributed by atoms with Gasteiger partial charge in [-0.3, -0.25) is 34.8 Å². The van der Waals surface area contributed by atoms with Crippen LogP contribution in [0, 0.1) is 10.1 Å². The lowest BCUT2D eigenvalue weighted by molar-refractivity contribution is -0.383. The summed E-state index contributed by atoms with van der Waals surface area (Å²) in [6, 6.07) is 11.7. The molecule has 0 bridgehead atoms. The number of carboxylic acid groups (broad SMARTS) is 2. The van der Waals surface area contributed by atoms with Crippen LogP contribution in [0.4, 0.5) is 22.1 Å². The number of aromatic carboxylic acids is 1. The number of anilines is 2. The highest BCUT2D eigenvalue weighted by Gasteiger charge is 2.32. The van der Waals surface area contributed by atoms with Gasteiger partial charge in [-0.05, 0) is 18.2 Å². The van der Waals surface area contributed by atoms with Gasteiger partial charge >= 0.3 is 25.6 Å². The highest BCUT2D eigenvalue weighted by atomic mass is 35.5. The minimum absolute atomic E-state index is 0.0352. The van der Waals surface area contributed by atoms with Crippen molar-refractivity contribution in [2.24, 2.45) is 7.05 Å². The number of nitrogens with zero attached hydrogens (tertiary/aromatic N) is 5. The number of nitro benzene ring substituents is 1. The van der Waals surface area contributed by atoms with E-state index in [1.807, 2.05) is 6.07 Å². The van der Waals surface area contributed by atoms with Crippen molar-refractivity contribution in [1.29, 1.82) is 0 Å². The van der Waals surface area contributed by atoms with Gasteiger partial charge in [-0.25, -0.2) is 14.3 Å². The van der Waals surface area contributed by atoms with Crippen LogP contribution in [0.1, 0.15) is 10.4 Å². The van der Waals surface area contributed by atoms with E-state index in [2.05, 4.69) is 25.7 Å². The monoisotopic (exact) mass is 853 g/mol. The number of sulfonamides is 1. The summed E-state index contributed by atoms with van der Waals surface area (Å²) in [7, 11) is -4.95. The molecule has 0 unspecified atom stereocenters. The van der Waals surface area contributed by atoms with Crippen LogP contribution in [0.3, 0.4) is 0 Å². The second-order valence-electron chi connectivity index (χ2n) is 9.86. The average molecular weight is 855 g/mol. The largest absolute Gasteiger partial charge is 0.481 e. The molecule has 28 heteroatoms. The van der Waals surface area contributed by atoms with Crippen molar-refractivity contribution in [3.05, 3.63) is 74.4 Å². The van der Waals surface area contributed by atoms with Gasteiger partial charge in [0.1, 0.15) is 27.8 Å². The number of nitrogens with one attached hydrogen (secondary N) is 3. The standard InChI is InChI=1S/C12H13ClN6O7S.C12H9ClN2O3.C3H8NO5P/c1-19-9(7(10(20)21)8(13)17-19)27(23,24)18-12(22)16-11-14-5(25-2)4-6(15-11)26-3;13-11-10(18-8-4-2-1-3-5-8)7-6-9(12(11)14)15(16)17;5-3(6)1-4-2-10(7,8)9/h4H,1-3H3,(H,20,21)(H2,14,15,16,18,22);1-7H,14H2;4H,1-2H2,(H,5,6)(H2,7,8,9). The number of nitrogen functional groups attached to an aromatic ring is 1. The SMILES string of the molecule is COc1cc(OC)nc(NC(=O)NS(=O)(=O)c2c(C(=O)O)c(Cl)nn2C)n1.Nc1c([N+](=O)[O-])ccc(Oc2ccccc2)c1Cl.O=C(O)CNCP(=O)(O)O. The number of ether oxygens (including phenoxy) is 3. The molecule has 2 heterocycles. The van der Waals surface area contributed by atoms with Crippen molar-refractivity contribution in [2.45, 2.75) is 5.03 Å². The minimum Gasteiger partial charge on any atom is -0.481 e. The Kier molecular flexibility index (Phi) is 16.5. The number of carboxylic acids is 2. The van der Waals surface area contributed by atoms with Crippen molar-refractivity contribution in [2.75, 3.05) is 38.1 Å². The summed E-state index contributed by atoms with van der Waals surface area (Å²) < 4.78 is 52.5. The number of hydrogen-bond acceptors (Lipinski definition) is 16. The van der Waals surface area contributed by atoms with E-state index in [-0.39, 0.29) is 39.9 Å². The van der Waals surface area contributed by atoms with Crippen molar-refractivity contribution in [3.8, 4) is 23.3 Å². The molecule has 2 aromatic heterocycles. The Bertz CT molecular complexity index is 2170. The third kappa shape index (κ3) is 14.2. The number of rotatable bonds is 13. The third-order valence-corrected chi connectivity index (χ3v) is 8.57. The van der Waals surface area contributed by atoms with E-state index < -0.39 is 69.1 Å². The van der Waals surface area contributed by atoms with Gasteiger partial charge in [0, 0.05) is 13.1 Å². The molecule has 0 aliphatic rings. The van der Waals surface area contributed by atoms with Crippen LogP contribution in [0.15, 0.2) is 53.6 Å². The lowest BCUT2D eigenvalue weighted by atomic mass is 10.2. The lowest BCUT2D eigenvalue weighted by Crippen LogP contribution is -2.36. The number of carbonyl (C=O) groups excluding carboxylic acids is 1. The first-order valence-electron chi connectivity index (χ1n) is 14.3. The zero-order chi connectivity index (χ0) is 41.7. The van der Waals surface area contributed by atoms with Gasteiger partial charge in [0.25, 0.3) is 15.7 Å². The van der Waals surface area contributed by atoms with Crippen LogP contribution >= 0.6 is 30.8 Å². The van der Waals surface area contributed by atoms with Crippen LogP contribution in [0.25, 0.3) is 0 Å². The number of aryl methyl sites for hydroxylation is 1. The first-order valence-corrected chi connectivity index (χ1v) is 18.3. The fourth-order valence-corrected chi connectivity index (χ4v) is 5.83. The Morgan fingerprint density at radius 1 is 1.04 bits per heavy atom. The van der Waals surface area contributed by atoms with Crippen molar-refractivity contribution >= 4 is 76.1 Å². The molecule has 2 amide bonds. The maximum Gasteiger partial charge on any atom is 0.341 e. The average Bonchev–Trinajstić information content (AvgIpc) is 3.41. The third-order valence-electron chi connectivity index (χ3n) is 5.85. The molecule has 9 N–H and O–H groups in total. The maximum atomic E-state index is 12.4. The molecule has 2 aromatic carbocycles. The van der Waals surface area contributed by atoms with E-state index in [1.54, 1.807) is 29.0 Å². The van der Waals surface area contributed by atoms with Gasteiger partial charge in [-0.2, -0.15) is 23.5 Å². The number of carbonyl (C=O) groups is 3. The predicted molar refractivity (Wildman–Crippen MR) is 191 cm³/mol. The second kappa shape index (κ2) is 20.0. The van der Waals surface area contributed by atoms with Gasteiger partial charge in [0.2, 0.25) is 17.7 Å². The fourth-order valence-electron chi connectivity index (χ4n) is 3.66. The number of methoxy groups -OCH3 is 2. The maximum absolute atomic E-state index is 12.4. The number of urea groups is 1. The molecule has 298 valence electrons. The van der Waals surface area contributed by atoms with Crippen LogP contribution in [-0.2, 0) is 26.4 Å². The number of aliphatic carboxylic acids is 1. The number of benzene rings is 2. The van der Waals surface area contributed by atoms with E-state index in [9.17, 15) is 37.5 Å². The minimum atomic E-state index is -4.64. The number of nitrogens with two attached hydrogens (primary N) is 1. The summed E-state index contributed by atoms with van der Waals surface area (Å²) in [5.41, 5.74) is 4.47. The summed E-state index contributed by atoms with van der Waals surface area (Å²) >= 11 is 11.6. The molecule has 0 saturated heterocycles. The smallest absolute Gasteiger partial charge is 0.341 e. The van der Waals surface area contributed by atoms with Gasteiger partial charge in [0.05, 0.1) is 38.0 Å². The Morgan fingerprint density at radius 3 is 2.11 bits per heavy atom. The number of hydrogen-bond donors (Lipinski definition) is 8. The van der Waals surface area contributed by atoms with E-state index >= 15 is 0 Å². The zero-order valence-corrected chi connectivity index (χ0v) is 31.5. The Balaban J connectivity index is 0.000000320. The van der Waals surface area contributed by atoms with Crippen LogP contribution < -0.4 is 35.3 Å². The molecular weight excluding hydrogens is 824 g/mol. The first-order chi connectivity index (χ1) is 25.6. The van der Waals surface area contributed by atoms with E-state index in [4.69, 9.17) is 63.1 Å². The Morgan fingerprint density at radius 2 is 1.62 bits per heavy atom. The number of halogens is 2. The summed E-state index contributed by atoms with van der Waals surface area (Å²) in [5.74, 6) is -2.14. The quantitative estimate of drug-likeness (QED) is 0.0414. The van der Waals surface area contributed by atoms with Crippen LogP contribution in [0.5, 0.6) is 23.3 Å².